The standard InChI is InChI=1S/C7H8.2C2H4O2S.C2H6O2/c1-7-5-3-2-4-6-7;2*3-2(4)1-5;3-1-2-4/h2-6H,1H3;2*5H,1H2,(H,3,4);3-4H,1-2H2. The largest absolute Gasteiger partial charge is 0.481 e. The summed E-state index contributed by atoms with van der Waals surface area (Å²) in [5.41, 5.74) is 1.32. The number of hydrogen-bond donors (Lipinski definition) is 6. The molecule has 0 radical (unpaired) electrons. The molecule has 0 unspecified atom stereocenters. The van der Waals surface area contributed by atoms with Crippen LogP contribution in [0.25, 0.3) is 0 Å². The van der Waals surface area contributed by atoms with Crippen LogP contribution in [-0.2, 0) is 9.59 Å². The molecule has 0 bridgehead atoms. The van der Waals surface area contributed by atoms with Crippen molar-refractivity contribution in [2.45, 2.75) is 6.92 Å². The molecule has 0 spiro atoms. The van der Waals surface area contributed by atoms with Gasteiger partial charge in [0.05, 0.1) is 24.7 Å². The van der Waals surface area contributed by atoms with Crippen molar-refractivity contribution in [3.05, 3.63) is 35.9 Å². The van der Waals surface area contributed by atoms with Crippen LogP contribution in [0.4, 0.5) is 0 Å². The minimum Gasteiger partial charge on any atom is -0.481 e. The number of rotatable bonds is 3. The van der Waals surface area contributed by atoms with E-state index >= 15 is 0 Å². The maximum atomic E-state index is 9.29. The number of aryl methyl sites for hydroxylation is 1. The molecule has 1 aromatic carbocycles. The van der Waals surface area contributed by atoms with Crippen molar-refractivity contribution in [2.24, 2.45) is 0 Å². The molecule has 0 aliphatic rings. The van der Waals surface area contributed by atoms with Crippen LogP contribution in [0.2, 0.25) is 0 Å². The fourth-order valence-corrected chi connectivity index (χ4v) is 0.534. The van der Waals surface area contributed by atoms with Gasteiger partial charge in [-0.3, -0.25) is 9.59 Å². The molecule has 0 fully saturated rings. The maximum absolute atomic E-state index is 9.29. The highest BCUT2D eigenvalue weighted by atomic mass is 32.1. The molecule has 0 heterocycles. The Morgan fingerprint density at radius 2 is 1.19 bits per heavy atom. The lowest BCUT2D eigenvalue weighted by molar-refractivity contribution is -0.134. The van der Waals surface area contributed by atoms with E-state index in [-0.39, 0.29) is 24.7 Å². The first kappa shape index (κ1) is 24.8. The highest BCUT2D eigenvalue weighted by molar-refractivity contribution is 7.81. The number of carboxylic acid groups (broad SMARTS) is 2. The second-order valence-electron chi connectivity index (χ2n) is 3.21. The van der Waals surface area contributed by atoms with Crippen LogP contribution in [0.5, 0.6) is 0 Å². The number of hydrogen-bond acceptors (Lipinski definition) is 6. The van der Waals surface area contributed by atoms with Crippen molar-refractivity contribution in [1.82, 2.24) is 0 Å². The summed E-state index contributed by atoms with van der Waals surface area (Å²) in [4.78, 5) is 18.6. The molecule has 122 valence electrons. The topological polar surface area (TPSA) is 115 Å². The SMILES string of the molecule is Cc1ccccc1.O=C(O)CS.O=C(O)CS.OCCO. The summed E-state index contributed by atoms with van der Waals surface area (Å²) in [6.07, 6.45) is 0. The number of aliphatic hydroxyl groups is 2. The van der Waals surface area contributed by atoms with E-state index in [1.165, 1.54) is 5.56 Å². The average molecular weight is 338 g/mol. The van der Waals surface area contributed by atoms with Gasteiger partial charge in [0.25, 0.3) is 0 Å². The van der Waals surface area contributed by atoms with Gasteiger partial charge in [0.2, 0.25) is 0 Å². The third-order valence-corrected chi connectivity index (χ3v) is 1.85. The number of benzene rings is 1. The fourth-order valence-electron chi connectivity index (χ4n) is 0.534. The molecule has 1 rings (SSSR count). The van der Waals surface area contributed by atoms with Gasteiger partial charge in [0.1, 0.15) is 0 Å². The average Bonchev–Trinajstić information content (AvgIpc) is 2.49. The molecule has 0 saturated heterocycles. The molecule has 0 aliphatic heterocycles. The Kier molecular flexibility index (Phi) is 24.9. The molecule has 21 heavy (non-hydrogen) atoms. The Morgan fingerprint density at radius 3 is 1.29 bits per heavy atom. The highest BCUT2D eigenvalue weighted by Crippen LogP contribution is 1.92. The second kappa shape index (κ2) is 21.1. The first-order valence-corrected chi connectivity index (χ1v) is 7.00. The zero-order chi connectivity index (χ0) is 17.1. The smallest absolute Gasteiger partial charge is 0.313 e. The van der Waals surface area contributed by atoms with Gasteiger partial charge in [0.15, 0.2) is 0 Å². The Labute approximate surface area is 135 Å². The van der Waals surface area contributed by atoms with E-state index in [0.29, 0.717) is 0 Å². The van der Waals surface area contributed by atoms with Crippen LogP contribution >= 0.6 is 25.3 Å². The summed E-state index contributed by atoms with van der Waals surface area (Å²) in [7, 11) is 0. The molecule has 0 aliphatic carbocycles. The van der Waals surface area contributed by atoms with E-state index in [0.717, 1.165) is 0 Å². The predicted octanol–water partition coefficient (Wildman–Crippen LogP) is 0.968. The Morgan fingerprint density at radius 1 is 0.905 bits per heavy atom. The lowest BCUT2D eigenvalue weighted by atomic mass is 10.2. The van der Waals surface area contributed by atoms with Crippen LogP contribution in [0.1, 0.15) is 5.56 Å². The molecule has 4 N–H and O–H groups in total. The van der Waals surface area contributed by atoms with E-state index in [1.807, 2.05) is 18.2 Å². The van der Waals surface area contributed by atoms with Crippen LogP contribution in [0.15, 0.2) is 30.3 Å². The van der Waals surface area contributed by atoms with E-state index in [2.05, 4.69) is 44.3 Å². The quantitative estimate of drug-likeness (QED) is 0.458. The number of aliphatic hydroxyl groups excluding tert-OH is 2. The summed E-state index contributed by atoms with van der Waals surface area (Å²) in [5.74, 6) is -1.93. The normalized spacial score (nSPS) is 7.86. The van der Waals surface area contributed by atoms with Gasteiger partial charge in [-0.15, -0.1) is 0 Å². The van der Waals surface area contributed by atoms with Crippen molar-refractivity contribution in [1.29, 1.82) is 0 Å². The van der Waals surface area contributed by atoms with Gasteiger partial charge in [-0.2, -0.15) is 25.3 Å². The molecule has 0 atom stereocenters. The van der Waals surface area contributed by atoms with Crippen LogP contribution in [0.3, 0.4) is 0 Å². The molecule has 0 amide bonds. The van der Waals surface area contributed by atoms with Crippen molar-refractivity contribution in [3.8, 4) is 0 Å². The summed E-state index contributed by atoms with van der Waals surface area (Å²) < 4.78 is 0. The molecule has 0 aromatic heterocycles. The number of thiol groups is 2. The molecule has 1 aromatic rings. The van der Waals surface area contributed by atoms with E-state index in [4.69, 9.17) is 20.4 Å². The maximum Gasteiger partial charge on any atom is 0.313 e. The van der Waals surface area contributed by atoms with Crippen LogP contribution in [-0.4, -0.2) is 57.1 Å². The first-order chi connectivity index (χ1) is 9.85. The summed E-state index contributed by atoms with van der Waals surface area (Å²) in [5, 5.41) is 30.5. The fraction of sp³-hybridized carbons (Fsp3) is 0.385. The Hall–Kier alpha value is -1.22. The Bertz CT molecular complexity index is 330. The first-order valence-electron chi connectivity index (χ1n) is 5.74. The van der Waals surface area contributed by atoms with Gasteiger partial charge in [0, 0.05) is 0 Å². The van der Waals surface area contributed by atoms with E-state index < -0.39 is 11.9 Å². The lowest BCUT2D eigenvalue weighted by Gasteiger charge is -1.82. The van der Waals surface area contributed by atoms with Crippen molar-refractivity contribution in [2.75, 3.05) is 24.7 Å². The monoisotopic (exact) mass is 338 g/mol. The number of carboxylic acids is 2. The third kappa shape index (κ3) is 38.1. The van der Waals surface area contributed by atoms with Gasteiger partial charge in [-0.25, -0.2) is 0 Å². The van der Waals surface area contributed by atoms with Gasteiger partial charge < -0.3 is 20.4 Å². The van der Waals surface area contributed by atoms with Gasteiger partial charge in [-0.1, -0.05) is 35.9 Å². The van der Waals surface area contributed by atoms with Gasteiger partial charge in [-0.05, 0) is 6.92 Å². The second-order valence-corrected chi connectivity index (χ2v) is 3.84. The van der Waals surface area contributed by atoms with Gasteiger partial charge >= 0.3 is 11.9 Å². The molecular formula is C13H22O6S2. The minimum absolute atomic E-state index is 0.0833. The summed E-state index contributed by atoms with van der Waals surface area (Å²) >= 11 is 6.83. The van der Waals surface area contributed by atoms with Crippen molar-refractivity contribution in [3.63, 3.8) is 0 Å². The van der Waals surface area contributed by atoms with Crippen molar-refractivity contribution >= 4 is 37.2 Å². The molecular weight excluding hydrogens is 316 g/mol. The predicted molar refractivity (Wildman–Crippen MR) is 88.3 cm³/mol. The summed E-state index contributed by atoms with van der Waals surface area (Å²) in [6, 6.07) is 10.3. The molecule has 6 nitrogen and oxygen atoms in total. The van der Waals surface area contributed by atoms with Crippen LogP contribution < -0.4 is 0 Å². The highest BCUT2D eigenvalue weighted by Gasteiger charge is 1.82. The zero-order valence-electron chi connectivity index (χ0n) is 11.7. The lowest BCUT2D eigenvalue weighted by Crippen LogP contribution is -1.92. The van der Waals surface area contributed by atoms with Crippen molar-refractivity contribution < 1.29 is 30.0 Å². The minimum atomic E-state index is -0.881. The zero-order valence-corrected chi connectivity index (χ0v) is 13.5. The van der Waals surface area contributed by atoms with E-state index in [9.17, 15) is 9.59 Å². The van der Waals surface area contributed by atoms with Crippen LogP contribution in [0, 0.1) is 6.92 Å². The number of aliphatic carboxylic acids is 2. The summed E-state index contributed by atoms with van der Waals surface area (Å²) in [6.45, 7) is 1.83. The number of carbonyl (C=O) groups is 2. The molecule has 0 saturated carbocycles. The molecule has 8 heteroatoms. The Balaban J connectivity index is -0.000000212. The third-order valence-electron chi connectivity index (χ3n) is 1.31. The van der Waals surface area contributed by atoms with E-state index in [1.54, 1.807) is 0 Å².